The largest absolute Gasteiger partial charge is 0.352 e. The Hall–Kier alpha value is -0.580. The Balaban J connectivity index is 1.94. The first-order valence-electron chi connectivity index (χ1n) is 5.16. The normalized spacial score (nSPS) is 33.5. The molecule has 0 bridgehead atoms. The summed E-state index contributed by atoms with van der Waals surface area (Å²) >= 11 is 0. The van der Waals surface area contributed by atoms with Gasteiger partial charge in [-0.05, 0) is 13.3 Å². The second-order valence-electron chi connectivity index (χ2n) is 3.90. The first-order chi connectivity index (χ1) is 6.75. The van der Waals surface area contributed by atoms with Crippen LogP contribution >= 0.6 is 0 Å². The molecule has 2 aliphatic rings. The van der Waals surface area contributed by atoms with Gasteiger partial charge < -0.3 is 10.2 Å². The second-order valence-corrected chi connectivity index (χ2v) is 5.59. The molecular weight excluding hydrogens is 198 g/mol. The molecule has 1 fully saturated rings. The standard InChI is InChI=1S/C9H17N3OS/c1-8-7-10-9(11-8)12-3-2-5-14(13)6-4-12/h8H,2-7H2,1H3,(H,10,11). The van der Waals surface area contributed by atoms with Crippen LogP contribution < -0.4 is 5.32 Å². The smallest absolute Gasteiger partial charge is 0.194 e. The maximum atomic E-state index is 11.3. The summed E-state index contributed by atoms with van der Waals surface area (Å²) in [4.78, 5) is 6.67. The van der Waals surface area contributed by atoms with E-state index in [1.165, 1.54) is 0 Å². The van der Waals surface area contributed by atoms with Crippen LogP contribution in [0.15, 0.2) is 4.99 Å². The summed E-state index contributed by atoms with van der Waals surface area (Å²) in [5.41, 5.74) is 0. The molecule has 2 heterocycles. The zero-order valence-corrected chi connectivity index (χ0v) is 9.35. The molecule has 0 spiro atoms. The van der Waals surface area contributed by atoms with Crippen molar-refractivity contribution in [2.45, 2.75) is 19.4 Å². The molecule has 4 nitrogen and oxygen atoms in total. The van der Waals surface area contributed by atoms with Crippen LogP contribution in [-0.2, 0) is 10.8 Å². The van der Waals surface area contributed by atoms with Gasteiger partial charge in [0.15, 0.2) is 5.96 Å². The molecule has 2 rings (SSSR count). The molecule has 2 unspecified atom stereocenters. The average Bonchev–Trinajstić information content (AvgIpc) is 2.46. The van der Waals surface area contributed by atoms with E-state index in [1.54, 1.807) is 0 Å². The summed E-state index contributed by atoms with van der Waals surface area (Å²) in [6.07, 6.45) is 1.02. The molecule has 14 heavy (non-hydrogen) atoms. The van der Waals surface area contributed by atoms with E-state index in [1.807, 2.05) is 0 Å². The zero-order valence-electron chi connectivity index (χ0n) is 8.53. The molecular formula is C9H17N3OS. The van der Waals surface area contributed by atoms with Crippen LogP contribution in [0.2, 0.25) is 0 Å². The predicted molar refractivity (Wildman–Crippen MR) is 59.0 cm³/mol. The highest BCUT2D eigenvalue weighted by Crippen LogP contribution is 2.05. The Kier molecular flexibility index (Phi) is 3.05. The summed E-state index contributed by atoms with van der Waals surface area (Å²) in [6.45, 7) is 4.87. The Morgan fingerprint density at radius 1 is 1.50 bits per heavy atom. The third-order valence-electron chi connectivity index (χ3n) is 2.58. The lowest BCUT2D eigenvalue weighted by Crippen LogP contribution is -2.42. The molecule has 2 aliphatic heterocycles. The first-order valence-corrected chi connectivity index (χ1v) is 6.65. The SMILES string of the molecule is CC1CN=C(N2CCCS(=O)CC2)N1. The van der Waals surface area contributed by atoms with Crippen molar-refractivity contribution in [3.8, 4) is 0 Å². The second kappa shape index (κ2) is 4.29. The lowest BCUT2D eigenvalue weighted by molar-refractivity contribution is 0.435. The summed E-state index contributed by atoms with van der Waals surface area (Å²) in [5, 5.41) is 3.34. The van der Waals surface area contributed by atoms with Gasteiger partial charge in [-0.2, -0.15) is 0 Å². The Morgan fingerprint density at radius 3 is 3.07 bits per heavy atom. The predicted octanol–water partition coefficient (Wildman–Crippen LogP) is -0.211. The maximum Gasteiger partial charge on any atom is 0.194 e. The molecule has 0 radical (unpaired) electrons. The molecule has 0 saturated carbocycles. The van der Waals surface area contributed by atoms with Gasteiger partial charge in [-0.1, -0.05) is 0 Å². The van der Waals surface area contributed by atoms with Crippen LogP contribution in [0, 0.1) is 0 Å². The minimum atomic E-state index is -0.612. The van der Waals surface area contributed by atoms with E-state index < -0.39 is 10.8 Å². The molecule has 0 aromatic carbocycles. The molecule has 0 aromatic heterocycles. The van der Waals surface area contributed by atoms with Crippen molar-refractivity contribution in [2.24, 2.45) is 4.99 Å². The fourth-order valence-electron chi connectivity index (χ4n) is 1.78. The number of nitrogens with one attached hydrogen (secondary N) is 1. The molecule has 0 aliphatic carbocycles. The van der Waals surface area contributed by atoms with Crippen LogP contribution in [0.3, 0.4) is 0 Å². The van der Waals surface area contributed by atoms with Gasteiger partial charge in [0, 0.05) is 41.4 Å². The lowest BCUT2D eigenvalue weighted by Gasteiger charge is -2.22. The molecule has 1 N–H and O–H groups in total. The van der Waals surface area contributed by atoms with E-state index in [0.29, 0.717) is 6.04 Å². The minimum absolute atomic E-state index is 0.457. The van der Waals surface area contributed by atoms with Crippen LogP contribution in [0.1, 0.15) is 13.3 Å². The topological polar surface area (TPSA) is 44.7 Å². The van der Waals surface area contributed by atoms with Gasteiger partial charge in [0.25, 0.3) is 0 Å². The molecule has 1 saturated heterocycles. The van der Waals surface area contributed by atoms with Crippen molar-refractivity contribution in [2.75, 3.05) is 31.1 Å². The molecule has 0 aromatic rings. The maximum absolute atomic E-state index is 11.3. The molecule has 0 amide bonds. The third-order valence-corrected chi connectivity index (χ3v) is 3.96. The highest BCUT2D eigenvalue weighted by atomic mass is 32.2. The van der Waals surface area contributed by atoms with E-state index in [2.05, 4.69) is 22.1 Å². The van der Waals surface area contributed by atoms with Crippen molar-refractivity contribution in [1.29, 1.82) is 0 Å². The van der Waals surface area contributed by atoms with Crippen LogP contribution in [0.5, 0.6) is 0 Å². The van der Waals surface area contributed by atoms with E-state index in [-0.39, 0.29) is 0 Å². The minimum Gasteiger partial charge on any atom is -0.352 e. The Labute approximate surface area is 87.2 Å². The van der Waals surface area contributed by atoms with Crippen molar-refractivity contribution in [3.63, 3.8) is 0 Å². The van der Waals surface area contributed by atoms with Gasteiger partial charge in [-0.25, -0.2) is 0 Å². The Morgan fingerprint density at radius 2 is 2.36 bits per heavy atom. The fraction of sp³-hybridized carbons (Fsp3) is 0.889. The van der Waals surface area contributed by atoms with Gasteiger partial charge in [-0.15, -0.1) is 0 Å². The van der Waals surface area contributed by atoms with Gasteiger partial charge >= 0.3 is 0 Å². The number of aliphatic imine (C=N–C) groups is 1. The highest BCUT2D eigenvalue weighted by Gasteiger charge is 2.21. The number of guanidine groups is 1. The number of nitrogens with zero attached hydrogens (tertiary/aromatic N) is 2. The van der Waals surface area contributed by atoms with Gasteiger partial charge in [0.2, 0.25) is 0 Å². The van der Waals surface area contributed by atoms with Gasteiger partial charge in [-0.3, -0.25) is 9.20 Å². The zero-order chi connectivity index (χ0) is 9.97. The molecule has 2 atom stereocenters. The fourth-order valence-corrected chi connectivity index (χ4v) is 2.86. The third kappa shape index (κ3) is 2.26. The van der Waals surface area contributed by atoms with Crippen LogP contribution in [0.25, 0.3) is 0 Å². The highest BCUT2D eigenvalue weighted by molar-refractivity contribution is 7.85. The van der Waals surface area contributed by atoms with Crippen molar-refractivity contribution in [3.05, 3.63) is 0 Å². The van der Waals surface area contributed by atoms with Crippen molar-refractivity contribution < 1.29 is 4.21 Å². The van der Waals surface area contributed by atoms with Crippen LogP contribution in [-0.4, -0.2) is 52.3 Å². The molecule has 5 heteroatoms. The number of rotatable bonds is 0. The first kappa shape index (κ1) is 9.96. The van der Waals surface area contributed by atoms with Crippen molar-refractivity contribution in [1.82, 2.24) is 10.2 Å². The number of hydrogen-bond donors (Lipinski definition) is 1. The van der Waals surface area contributed by atoms with E-state index >= 15 is 0 Å². The average molecular weight is 215 g/mol. The van der Waals surface area contributed by atoms with E-state index in [9.17, 15) is 4.21 Å². The van der Waals surface area contributed by atoms with Crippen LogP contribution in [0.4, 0.5) is 0 Å². The van der Waals surface area contributed by atoms with Gasteiger partial charge in [0.1, 0.15) is 0 Å². The monoisotopic (exact) mass is 215 g/mol. The molecule has 80 valence electrons. The number of hydrogen-bond acceptors (Lipinski definition) is 4. The summed E-state index contributed by atoms with van der Waals surface area (Å²) in [7, 11) is -0.612. The van der Waals surface area contributed by atoms with Gasteiger partial charge in [0.05, 0.1) is 6.54 Å². The lowest BCUT2D eigenvalue weighted by atomic mass is 10.4. The quantitative estimate of drug-likeness (QED) is 0.608. The summed E-state index contributed by atoms with van der Waals surface area (Å²) in [5.74, 6) is 2.64. The summed E-state index contributed by atoms with van der Waals surface area (Å²) < 4.78 is 11.3. The van der Waals surface area contributed by atoms with E-state index in [0.717, 1.165) is 43.5 Å². The summed E-state index contributed by atoms with van der Waals surface area (Å²) in [6, 6.07) is 0.457. The van der Waals surface area contributed by atoms with E-state index in [4.69, 9.17) is 0 Å². The Bertz CT molecular complexity index is 267. The van der Waals surface area contributed by atoms with Crippen molar-refractivity contribution >= 4 is 16.8 Å².